The number of ketones is 1. The number of fused-ring (bicyclic) bond motifs is 1. The molecule has 72 valence electrons. The Morgan fingerprint density at radius 1 is 1.57 bits per heavy atom. The predicted molar refractivity (Wildman–Crippen MR) is 55.8 cm³/mol. The number of pyridine rings is 1. The zero-order chi connectivity index (χ0) is 10.3. The monoisotopic (exact) mass is 208 g/mol. The van der Waals surface area contributed by atoms with Gasteiger partial charge in [-0.05, 0) is 13.8 Å². The first-order valence-corrected chi connectivity index (χ1v) is 4.62. The Balaban J connectivity index is 2.83. The molecule has 0 aliphatic carbocycles. The molecule has 14 heavy (non-hydrogen) atoms. The van der Waals surface area contributed by atoms with Crippen molar-refractivity contribution in [2.45, 2.75) is 13.8 Å². The van der Waals surface area contributed by atoms with E-state index in [1.165, 1.54) is 6.92 Å². The number of rotatable bonds is 1. The molecule has 0 aromatic carbocycles. The van der Waals surface area contributed by atoms with Gasteiger partial charge in [-0.3, -0.25) is 4.79 Å². The van der Waals surface area contributed by atoms with Crippen LogP contribution in [-0.2, 0) is 0 Å². The highest BCUT2D eigenvalue weighted by Crippen LogP contribution is 2.24. The Morgan fingerprint density at radius 2 is 2.29 bits per heavy atom. The van der Waals surface area contributed by atoms with Crippen molar-refractivity contribution in [1.82, 2.24) is 9.97 Å². The summed E-state index contributed by atoms with van der Waals surface area (Å²) in [4.78, 5) is 18.3. The molecule has 0 atom stereocenters. The molecule has 0 spiro atoms. The fourth-order valence-electron chi connectivity index (χ4n) is 1.49. The third-order valence-corrected chi connectivity index (χ3v) is 2.67. The van der Waals surface area contributed by atoms with Crippen LogP contribution in [0.25, 0.3) is 10.9 Å². The van der Waals surface area contributed by atoms with Crippen LogP contribution in [0.5, 0.6) is 0 Å². The largest absolute Gasteiger partial charge is 0.360 e. The van der Waals surface area contributed by atoms with E-state index in [0.29, 0.717) is 10.7 Å². The van der Waals surface area contributed by atoms with Gasteiger partial charge in [0.1, 0.15) is 5.15 Å². The van der Waals surface area contributed by atoms with E-state index in [1.807, 2.05) is 6.92 Å². The molecule has 0 saturated carbocycles. The minimum Gasteiger partial charge on any atom is -0.360 e. The lowest BCUT2D eigenvalue weighted by Crippen LogP contribution is -1.90. The van der Waals surface area contributed by atoms with Gasteiger partial charge in [-0.1, -0.05) is 11.6 Å². The van der Waals surface area contributed by atoms with Crippen LogP contribution in [0.1, 0.15) is 22.8 Å². The topological polar surface area (TPSA) is 45.8 Å². The molecule has 0 radical (unpaired) electrons. The number of aryl methyl sites for hydroxylation is 1. The number of carbonyl (C=O) groups is 1. The second-order valence-corrected chi connectivity index (χ2v) is 3.58. The number of hydrogen-bond acceptors (Lipinski definition) is 2. The highest BCUT2D eigenvalue weighted by molar-refractivity contribution is 6.31. The third-order valence-electron chi connectivity index (χ3n) is 2.29. The van der Waals surface area contributed by atoms with Crippen LogP contribution in [0, 0.1) is 6.92 Å². The van der Waals surface area contributed by atoms with Crippen molar-refractivity contribution < 1.29 is 4.79 Å². The number of carbonyl (C=O) groups excluding carboxylic acids is 1. The summed E-state index contributed by atoms with van der Waals surface area (Å²) in [5, 5.41) is 1.30. The Bertz CT molecular complexity index is 516. The maximum absolute atomic E-state index is 11.2. The average Bonchev–Trinajstić information content (AvgIpc) is 2.55. The van der Waals surface area contributed by atoms with E-state index in [2.05, 4.69) is 9.97 Å². The number of halogens is 1. The zero-order valence-corrected chi connectivity index (χ0v) is 8.64. The maximum Gasteiger partial charge on any atom is 0.162 e. The number of Topliss-reactive ketones (excluding diaryl/α,β-unsaturated/α-hetero) is 1. The molecule has 0 unspecified atom stereocenters. The summed E-state index contributed by atoms with van der Waals surface area (Å²) in [6.45, 7) is 3.41. The summed E-state index contributed by atoms with van der Waals surface area (Å²) >= 11 is 5.86. The van der Waals surface area contributed by atoms with E-state index >= 15 is 0 Å². The van der Waals surface area contributed by atoms with Crippen molar-refractivity contribution in [2.75, 3.05) is 0 Å². The Labute approximate surface area is 86.1 Å². The number of H-pyrrole nitrogens is 1. The quantitative estimate of drug-likeness (QED) is 0.579. The van der Waals surface area contributed by atoms with Crippen molar-refractivity contribution in [2.24, 2.45) is 0 Å². The van der Waals surface area contributed by atoms with Gasteiger partial charge in [0.05, 0.1) is 5.52 Å². The molecule has 4 heteroatoms. The first-order chi connectivity index (χ1) is 6.61. The van der Waals surface area contributed by atoms with Crippen molar-refractivity contribution in [3.63, 3.8) is 0 Å². The van der Waals surface area contributed by atoms with E-state index in [0.717, 1.165) is 16.5 Å². The Hall–Kier alpha value is -1.35. The molecule has 2 rings (SSSR count). The van der Waals surface area contributed by atoms with Crippen molar-refractivity contribution in [3.8, 4) is 0 Å². The first kappa shape index (κ1) is 9.21. The molecular weight excluding hydrogens is 200 g/mol. The molecular formula is C10H9ClN2O. The van der Waals surface area contributed by atoms with Crippen LogP contribution in [-0.4, -0.2) is 15.8 Å². The molecule has 2 aromatic heterocycles. The normalized spacial score (nSPS) is 10.8. The molecule has 0 fully saturated rings. The van der Waals surface area contributed by atoms with Gasteiger partial charge in [-0.15, -0.1) is 0 Å². The Kier molecular flexibility index (Phi) is 2.04. The van der Waals surface area contributed by atoms with Crippen LogP contribution < -0.4 is 0 Å². The van der Waals surface area contributed by atoms with E-state index in [-0.39, 0.29) is 5.78 Å². The number of hydrogen-bond donors (Lipinski definition) is 1. The summed E-state index contributed by atoms with van der Waals surface area (Å²) in [5.41, 5.74) is 2.42. The van der Waals surface area contributed by atoms with Crippen molar-refractivity contribution in [1.29, 1.82) is 0 Å². The number of aromatic nitrogens is 2. The van der Waals surface area contributed by atoms with Crippen LogP contribution in [0.15, 0.2) is 12.4 Å². The van der Waals surface area contributed by atoms with Crippen molar-refractivity contribution in [3.05, 3.63) is 28.7 Å². The van der Waals surface area contributed by atoms with Gasteiger partial charge in [0, 0.05) is 28.9 Å². The van der Waals surface area contributed by atoms with Gasteiger partial charge >= 0.3 is 0 Å². The molecule has 0 amide bonds. The average molecular weight is 209 g/mol. The lowest BCUT2D eigenvalue weighted by atomic mass is 10.1. The van der Waals surface area contributed by atoms with Crippen LogP contribution in [0.2, 0.25) is 5.15 Å². The minimum absolute atomic E-state index is 0.0276. The fourth-order valence-corrected chi connectivity index (χ4v) is 1.63. The summed E-state index contributed by atoms with van der Waals surface area (Å²) in [7, 11) is 0. The SMILES string of the molecule is CC(=O)c1c[nH]c2c(C)c(Cl)ncc12. The van der Waals surface area contributed by atoms with Gasteiger partial charge in [0.2, 0.25) is 0 Å². The summed E-state index contributed by atoms with van der Waals surface area (Å²) in [6, 6.07) is 0. The lowest BCUT2D eigenvalue weighted by Gasteiger charge is -1.98. The number of nitrogens with zero attached hydrogens (tertiary/aromatic N) is 1. The van der Waals surface area contributed by atoms with Crippen LogP contribution >= 0.6 is 11.6 Å². The minimum atomic E-state index is 0.0276. The first-order valence-electron chi connectivity index (χ1n) is 4.24. The van der Waals surface area contributed by atoms with Gasteiger partial charge in [-0.25, -0.2) is 4.98 Å². The summed E-state index contributed by atoms with van der Waals surface area (Å²) < 4.78 is 0. The van der Waals surface area contributed by atoms with Crippen LogP contribution in [0.4, 0.5) is 0 Å². The van der Waals surface area contributed by atoms with Gasteiger partial charge in [0.15, 0.2) is 5.78 Å². The molecule has 2 aromatic rings. The molecule has 0 bridgehead atoms. The fraction of sp³-hybridized carbons (Fsp3) is 0.200. The van der Waals surface area contributed by atoms with E-state index in [1.54, 1.807) is 12.4 Å². The highest BCUT2D eigenvalue weighted by Gasteiger charge is 2.11. The predicted octanol–water partition coefficient (Wildman–Crippen LogP) is 2.73. The summed E-state index contributed by atoms with van der Waals surface area (Å²) in [5.74, 6) is 0.0276. The number of nitrogens with one attached hydrogen (secondary N) is 1. The molecule has 0 aliphatic rings. The Morgan fingerprint density at radius 3 is 2.93 bits per heavy atom. The highest BCUT2D eigenvalue weighted by atomic mass is 35.5. The van der Waals surface area contributed by atoms with Gasteiger partial charge in [-0.2, -0.15) is 0 Å². The van der Waals surface area contributed by atoms with E-state index in [4.69, 9.17) is 11.6 Å². The molecule has 0 saturated heterocycles. The standard InChI is InChI=1S/C10H9ClN2O/c1-5-9-8(4-13-10(5)11)7(3-12-9)6(2)14/h3-4,12H,1-2H3. The third kappa shape index (κ3) is 1.21. The number of aromatic amines is 1. The maximum atomic E-state index is 11.2. The smallest absolute Gasteiger partial charge is 0.162 e. The van der Waals surface area contributed by atoms with Gasteiger partial charge in [0.25, 0.3) is 0 Å². The molecule has 3 nitrogen and oxygen atoms in total. The molecule has 0 aliphatic heterocycles. The van der Waals surface area contributed by atoms with E-state index < -0.39 is 0 Å². The lowest BCUT2D eigenvalue weighted by molar-refractivity contribution is 0.101. The van der Waals surface area contributed by atoms with E-state index in [9.17, 15) is 4.79 Å². The molecule has 2 heterocycles. The second-order valence-electron chi connectivity index (χ2n) is 3.22. The zero-order valence-electron chi connectivity index (χ0n) is 7.89. The van der Waals surface area contributed by atoms with Crippen molar-refractivity contribution >= 4 is 28.3 Å². The molecule has 1 N–H and O–H groups in total. The second kappa shape index (κ2) is 3.10. The van der Waals surface area contributed by atoms with Crippen LogP contribution in [0.3, 0.4) is 0 Å². The van der Waals surface area contributed by atoms with Gasteiger partial charge < -0.3 is 4.98 Å². The summed E-state index contributed by atoms with van der Waals surface area (Å²) in [6.07, 6.45) is 3.32.